The van der Waals surface area contributed by atoms with Crippen molar-refractivity contribution in [1.82, 2.24) is 0 Å². The second kappa shape index (κ2) is 15.3. The first-order valence-electron chi connectivity index (χ1n) is 13.0. The minimum atomic E-state index is -0.877. The quantitative estimate of drug-likeness (QED) is 0.200. The van der Waals surface area contributed by atoms with Crippen LogP contribution in [0.3, 0.4) is 0 Å². The Morgan fingerprint density at radius 1 is 0.205 bits per heavy atom. The van der Waals surface area contributed by atoms with Gasteiger partial charge in [-0.15, -0.1) is 0 Å². The third-order valence-corrected chi connectivity index (χ3v) is 11.8. The zero-order chi connectivity index (χ0) is 25.8. The maximum atomic E-state index is 2.24. The molecule has 0 aliphatic rings. The molecule has 193 valence electrons. The summed E-state index contributed by atoms with van der Waals surface area (Å²) in [4.78, 5) is 0. The molecule has 0 nitrogen and oxygen atoms in total. The SMILES string of the molecule is [Co].c1ccc([PH+](c2ccccc2)c2ccccc2)cc1.c1ccc([PH+](c2ccccc2)c2ccccc2)cc1. The van der Waals surface area contributed by atoms with Gasteiger partial charge in [-0.3, -0.25) is 0 Å². The van der Waals surface area contributed by atoms with Gasteiger partial charge < -0.3 is 0 Å². The molecule has 3 heteroatoms. The predicted octanol–water partition coefficient (Wildman–Crippen LogP) is 6.35. The minimum Gasteiger partial charge on any atom is -0.0620 e. The van der Waals surface area contributed by atoms with E-state index >= 15 is 0 Å². The number of hydrogen-bond acceptors (Lipinski definition) is 0. The molecule has 0 aliphatic carbocycles. The molecule has 0 saturated carbocycles. The number of hydrogen-bond donors (Lipinski definition) is 0. The Labute approximate surface area is 245 Å². The van der Waals surface area contributed by atoms with Crippen molar-refractivity contribution in [3.05, 3.63) is 182 Å². The van der Waals surface area contributed by atoms with E-state index in [-0.39, 0.29) is 16.8 Å². The van der Waals surface area contributed by atoms with Crippen molar-refractivity contribution in [1.29, 1.82) is 0 Å². The van der Waals surface area contributed by atoms with E-state index in [1.807, 2.05) is 0 Å². The smallest absolute Gasteiger partial charge is 0.0620 e. The predicted molar refractivity (Wildman–Crippen MR) is 173 cm³/mol. The molecule has 1 radical (unpaired) electrons. The molecule has 0 bridgehead atoms. The Morgan fingerprint density at radius 3 is 0.462 bits per heavy atom. The van der Waals surface area contributed by atoms with Crippen LogP contribution in [0.5, 0.6) is 0 Å². The summed E-state index contributed by atoms with van der Waals surface area (Å²) >= 11 is 0. The maximum Gasteiger partial charge on any atom is 0.102 e. The van der Waals surface area contributed by atoms with Gasteiger partial charge in [0.15, 0.2) is 0 Å². The molecule has 0 heterocycles. The van der Waals surface area contributed by atoms with Gasteiger partial charge in [-0.1, -0.05) is 109 Å². The fourth-order valence-corrected chi connectivity index (χ4v) is 9.78. The second-order valence-electron chi connectivity index (χ2n) is 8.95. The summed E-state index contributed by atoms with van der Waals surface area (Å²) in [5.41, 5.74) is 0. The maximum absolute atomic E-state index is 2.24. The van der Waals surface area contributed by atoms with Gasteiger partial charge >= 0.3 is 0 Å². The Bertz CT molecular complexity index is 1170. The molecular formula is C36H32CoP2+2. The molecule has 0 fully saturated rings. The average Bonchev–Trinajstić information content (AvgIpc) is 3.01. The Hall–Kier alpha value is -3.31. The van der Waals surface area contributed by atoms with E-state index < -0.39 is 15.8 Å². The Balaban J connectivity index is 0.000000176. The Kier molecular flexibility index (Phi) is 11.3. The third kappa shape index (κ3) is 7.86. The summed E-state index contributed by atoms with van der Waals surface area (Å²) in [5, 5.41) is 8.61. The summed E-state index contributed by atoms with van der Waals surface area (Å²) in [5.74, 6) is 0. The van der Waals surface area contributed by atoms with Crippen molar-refractivity contribution in [3.63, 3.8) is 0 Å². The summed E-state index contributed by atoms with van der Waals surface area (Å²) < 4.78 is 0. The summed E-state index contributed by atoms with van der Waals surface area (Å²) in [6.45, 7) is 0. The normalized spacial score (nSPS) is 10.3. The topological polar surface area (TPSA) is 0 Å². The van der Waals surface area contributed by atoms with Gasteiger partial charge in [-0.25, -0.2) is 0 Å². The van der Waals surface area contributed by atoms with Crippen LogP contribution in [0.2, 0.25) is 0 Å². The van der Waals surface area contributed by atoms with Gasteiger partial charge in [0.2, 0.25) is 0 Å². The molecule has 6 aromatic carbocycles. The molecule has 0 amide bonds. The molecule has 0 aliphatic heterocycles. The van der Waals surface area contributed by atoms with E-state index in [1.165, 1.54) is 31.8 Å². The van der Waals surface area contributed by atoms with Crippen LogP contribution in [-0.2, 0) is 16.8 Å². The van der Waals surface area contributed by atoms with E-state index in [1.54, 1.807) is 0 Å². The zero-order valence-corrected chi connectivity index (χ0v) is 24.7. The van der Waals surface area contributed by atoms with E-state index in [9.17, 15) is 0 Å². The molecule has 0 unspecified atom stereocenters. The number of rotatable bonds is 6. The van der Waals surface area contributed by atoms with Gasteiger partial charge in [-0.2, -0.15) is 0 Å². The monoisotopic (exact) mass is 585 g/mol. The fraction of sp³-hybridized carbons (Fsp3) is 0. The van der Waals surface area contributed by atoms with Crippen molar-refractivity contribution < 1.29 is 16.8 Å². The fourth-order valence-electron chi connectivity index (χ4n) is 4.63. The van der Waals surface area contributed by atoms with Crippen molar-refractivity contribution in [2.75, 3.05) is 0 Å². The van der Waals surface area contributed by atoms with Gasteiger partial charge in [0.25, 0.3) is 0 Å². The largest absolute Gasteiger partial charge is 0.102 e. The number of benzene rings is 6. The summed E-state index contributed by atoms with van der Waals surface area (Å²) in [6, 6.07) is 65.0. The zero-order valence-electron chi connectivity index (χ0n) is 21.7. The minimum absolute atomic E-state index is 0. The van der Waals surface area contributed by atoms with Crippen LogP contribution >= 0.6 is 15.8 Å². The van der Waals surface area contributed by atoms with Gasteiger partial charge in [0.1, 0.15) is 31.8 Å². The first-order valence-corrected chi connectivity index (χ1v) is 16.0. The second-order valence-corrected chi connectivity index (χ2v) is 13.9. The van der Waals surface area contributed by atoms with Crippen LogP contribution in [0.15, 0.2) is 182 Å². The van der Waals surface area contributed by atoms with E-state index in [2.05, 4.69) is 182 Å². The molecule has 6 rings (SSSR count). The van der Waals surface area contributed by atoms with Gasteiger partial charge in [0.05, 0.1) is 15.8 Å². The third-order valence-electron chi connectivity index (χ3n) is 6.37. The summed E-state index contributed by atoms with van der Waals surface area (Å²) in [6.07, 6.45) is 0. The molecule has 0 spiro atoms. The average molecular weight is 586 g/mol. The Morgan fingerprint density at radius 2 is 0.333 bits per heavy atom. The summed E-state index contributed by atoms with van der Waals surface area (Å²) in [7, 11) is -1.75. The van der Waals surface area contributed by atoms with Crippen LogP contribution in [0.25, 0.3) is 0 Å². The first-order chi connectivity index (χ1) is 18.9. The van der Waals surface area contributed by atoms with E-state index in [4.69, 9.17) is 0 Å². The molecule has 0 aromatic heterocycles. The van der Waals surface area contributed by atoms with Crippen molar-refractivity contribution >= 4 is 47.7 Å². The molecule has 0 N–H and O–H groups in total. The van der Waals surface area contributed by atoms with Crippen LogP contribution < -0.4 is 31.8 Å². The van der Waals surface area contributed by atoms with Crippen molar-refractivity contribution in [2.45, 2.75) is 0 Å². The van der Waals surface area contributed by atoms with Gasteiger partial charge in [0, 0.05) is 16.8 Å². The standard InChI is InChI=1S/2C18H15P.Co/c2*1-4-10-16(11-5-1)19(17-12-6-2-7-13-17)18-14-8-3-9-15-18;/h2*1-15H;/p+2. The van der Waals surface area contributed by atoms with E-state index in [0.717, 1.165) is 0 Å². The van der Waals surface area contributed by atoms with Crippen molar-refractivity contribution in [3.8, 4) is 0 Å². The molecule has 0 atom stereocenters. The molecule has 6 aromatic rings. The van der Waals surface area contributed by atoms with Gasteiger partial charge in [-0.05, 0) is 72.8 Å². The van der Waals surface area contributed by atoms with Crippen LogP contribution in [0.1, 0.15) is 0 Å². The molecular weight excluding hydrogens is 553 g/mol. The van der Waals surface area contributed by atoms with Crippen molar-refractivity contribution in [2.24, 2.45) is 0 Å². The first kappa shape index (κ1) is 28.7. The molecule has 39 heavy (non-hydrogen) atoms. The van der Waals surface area contributed by atoms with E-state index in [0.29, 0.717) is 0 Å². The van der Waals surface area contributed by atoms with Crippen LogP contribution in [0, 0.1) is 0 Å². The van der Waals surface area contributed by atoms with Crippen LogP contribution in [-0.4, -0.2) is 0 Å². The van der Waals surface area contributed by atoms with Crippen LogP contribution in [0.4, 0.5) is 0 Å². The molecule has 0 saturated heterocycles.